The van der Waals surface area contributed by atoms with Crippen LogP contribution in [-0.4, -0.2) is 61.3 Å². The zero-order valence-corrected chi connectivity index (χ0v) is 18.2. The van der Waals surface area contributed by atoms with Gasteiger partial charge in [-0.25, -0.2) is 19.9 Å². The highest BCUT2D eigenvalue weighted by atomic mass is 16.2. The second-order valence-corrected chi connectivity index (χ2v) is 8.03. The fourth-order valence-electron chi connectivity index (χ4n) is 4.11. The van der Waals surface area contributed by atoms with Crippen LogP contribution in [0.3, 0.4) is 0 Å². The van der Waals surface area contributed by atoms with Gasteiger partial charge in [0.25, 0.3) is 0 Å². The van der Waals surface area contributed by atoms with E-state index in [4.69, 9.17) is 11.5 Å². The van der Waals surface area contributed by atoms with Crippen LogP contribution >= 0.6 is 0 Å². The van der Waals surface area contributed by atoms with Crippen LogP contribution in [0.25, 0.3) is 17.0 Å². The minimum Gasteiger partial charge on any atom is -0.383 e. The molecule has 0 bridgehead atoms. The first-order valence-electron chi connectivity index (χ1n) is 10.8. The van der Waals surface area contributed by atoms with E-state index in [-0.39, 0.29) is 17.9 Å². The third kappa shape index (κ3) is 5.00. The van der Waals surface area contributed by atoms with E-state index in [2.05, 4.69) is 43.9 Å². The molecule has 3 heterocycles. The van der Waals surface area contributed by atoms with Gasteiger partial charge in [-0.05, 0) is 30.2 Å². The molecule has 1 atom stereocenters. The molecule has 1 saturated heterocycles. The SMILES string of the molecule is CCC[C@H]1CN(Cc2ccc3c(N)ncnc3c2)CCN1C(=O)C=Cc1cnc(N)nc1. The van der Waals surface area contributed by atoms with Gasteiger partial charge in [-0.15, -0.1) is 0 Å². The maximum Gasteiger partial charge on any atom is 0.246 e. The molecule has 1 aromatic carbocycles. The Morgan fingerprint density at radius 1 is 1.16 bits per heavy atom. The van der Waals surface area contributed by atoms with Gasteiger partial charge in [0.05, 0.1) is 5.52 Å². The fraction of sp³-hybridized carbons (Fsp3) is 0.348. The number of nitrogens with two attached hydrogens (primary N) is 2. The van der Waals surface area contributed by atoms with E-state index in [0.717, 1.165) is 48.9 Å². The molecule has 0 spiro atoms. The number of rotatable bonds is 6. The fourth-order valence-corrected chi connectivity index (χ4v) is 4.11. The van der Waals surface area contributed by atoms with E-state index in [1.807, 2.05) is 11.0 Å². The van der Waals surface area contributed by atoms with Crippen molar-refractivity contribution in [2.75, 3.05) is 31.1 Å². The van der Waals surface area contributed by atoms with Crippen molar-refractivity contribution in [1.82, 2.24) is 29.7 Å². The molecule has 0 radical (unpaired) electrons. The molecular formula is C23H28N8O. The lowest BCUT2D eigenvalue weighted by Crippen LogP contribution is -2.54. The van der Waals surface area contributed by atoms with Gasteiger partial charge in [0, 0.05) is 61.6 Å². The van der Waals surface area contributed by atoms with Gasteiger partial charge < -0.3 is 16.4 Å². The van der Waals surface area contributed by atoms with Crippen molar-refractivity contribution in [2.24, 2.45) is 0 Å². The molecule has 4 N–H and O–H groups in total. The Balaban J connectivity index is 1.42. The molecule has 1 amide bonds. The molecule has 0 aliphatic carbocycles. The van der Waals surface area contributed by atoms with Crippen LogP contribution in [0.4, 0.5) is 11.8 Å². The summed E-state index contributed by atoms with van der Waals surface area (Å²) in [6, 6.07) is 6.30. The maximum absolute atomic E-state index is 12.9. The van der Waals surface area contributed by atoms with Gasteiger partial charge in [-0.2, -0.15) is 0 Å². The normalized spacial score (nSPS) is 17.3. The minimum absolute atomic E-state index is 0.0119. The monoisotopic (exact) mass is 432 g/mol. The van der Waals surface area contributed by atoms with E-state index in [0.29, 0.717) is 12.4 Å². The summed E-state index contributed by atoms with van der Waals surface area (Å²) >= 11 is 0. The molecular weight excluding hydrogens is 404 g/mol. The third-order valence-corrected chi connectivity index (χ3v) is 5.72. The standard InChI is InChI=1S/C23H28N8O/c1-2-3-18-14-30(13-16-4-6-19-20(10-16)28-15-29-22(19)24)8-9-31(18)21(32)7-5-17-11-26-23(25)27-12-17/h4-7,10-12,15,18H,2-3,8-9,13-14H2,1H3,(H2,24,28,29)(H2,25,26,27)/t18-/m0/s1. The summed E-state index contributed by atoms with van der Waals surface area (Å²) in [5.41, 5.74) is 14.2. The van der Waals surface area contributed by atoms with Crippen molar-refractivity contribution in [3.8, 4) is 0 Å². The number of aromatic nitrogens is 4. The first kappa shape index (κ1) is 21.6. The summed E-state index contributed by atoms with van der Waals surface area (Å²) < 4.78 is 0. The van der Waals surface area contributed by atoms with Gasteiger partial charge in [0.2, 0.25) is 11.9 Å². The number of carbonyl (C=O) groups is 1. The van der Waals surface area contributed by atoms with Gasteiger partial charge in [-0.1, -0.05) is 19.4 Å². The Bertz CT molecular complexity index is 1110. The number of hydrogen-bond donors (Lipinski definition) is 2. The highest BCUT2D eigenvalue weighted by Gasteiger charge is 2.28. The molecule has 3 aromatic rings. The summed E-state index contributed by atoms with van der Waals surface area (Å²) in [5.74, 6) is 0.725. The smallest absolute Gasteiger partial charge is 0.246 e. The summed E-state index contributed by atoms with van der Waals surface area (Å²) in [6.07, 6.45) is 10.0. The lowest BCUT2D eigenvalue weighted by Gasteiger charge is -2.41. The second kappa shape index (κ2) is 9.69. The van der Waals surface area contributed by atoms with Crippen LogP contribution in [0.1, 0.15) is 30.9 Å². The Labute approximate surface area is 187 Å². The molecule has 1 aliphatic heterocycles. The van der Waals surface area contributed by atoms with E-state index in [9.17, 15) is 4.79 Å². The maximum atomic E-state index is 12.9. The Hall–Kier alpha value is -3.59. The van der Waals surface area contributed by atoms with Crippen molar-refractivity contribution in [1.29, 1.82) is 0 Å². The van der Waals surface area contributed by atoms with Crippen LogP contribution < -0.4 is 11.5 Å². The highest BCUT2D eigenvalue weighted by molar-refractivity contribution is 5.92. The molecule has 9 nitrogen and oxygen atoms in total. The molecule has 9 heteroatoms. The molecule has 1 fully saturated rings. The number of amides is 1. The summed E-state index contributed by atoms with van der Waals surface area (Å²) in [6.45, 7) is 5.29. The molecule has 166 valence electrons. The van der Waals surface area contributed by atoms with Crippen molar-refractivity contribution < 1.29 is 4.79 Å². The lowest BCUT2D eigenvalue weighted by atomic mass is 10.0. The van der Waals surface area contributed by atoms with Gasteiger partial charge in [0.15, 0.2) is 0 Å². The lowest BCUT2D eigenvalue weighted by molar-refractivity contribution is -0.131. The van der Waals surface area contributed by atoms with E-state index >= 15 is 0 Å². The molecule has 32 heavy (non-hydrogen) atoms. The number of hydrogen-bond acceptors (Lipinski definition) is 8. The Kier molecular flexibility index (Phi) is 6.55. The number of nitrogen functional groups attached to an aromatic ring is 2. The first-order valence-corrected chi connectivity index (χ1v) is 10.8. The number of anilines is 2. The molecule has 1 aliphatic rings. The second-order valence-electron chi connectivity index (χ2n) is 8.03. The minimum atomic E-state index is 0.0119. The van der Waals surface area contributed by atoms with E-state index in [1.165, 1.54) is 11.9 Å². The predicted octanol–water partition coefficient (Wildman–Crippen LogP) is 2.11. The van der Waals surface area contributed by atoms with Crippen LogP contribution in [0.5, 0.6) is 0 Å². The highest BCUT2D eigenvalue weighted by Crippen LogP contribution is 2.21. The largest absolute Gasteiger partial charge is 0.383 e. The average Bonchev–Trinajstić information content (AvgIpc) is 2.79. The number of carbonyl (C=O) groups excluding carboxylic acids is 1. The van der Waals surface area contributed by atoms with Gasteiger partial charge in [-0.3, -0.25) is 9.69 Å². The Morgan fingerprint density at radius 2 is 1.97 bits per heavy atom. The van der Waals surface area contributed by atoms with Gasteiger partial charge >= 0.3 is 0 Å². The van der Waals surface area contributed by atoms with Crippen molar-refractivity contribution >= 4 is 34.7 Å². The number of piperazine rings is 1. The van der Waals surface area contributed by atoms with E-state index < -0.39 is 0 Å². The number of fused-ring (bicyclic) bond motifs is 1. The zero-order valence-electron chi connectivity index (χ0n) is 18.2. The topological polar surface area (TPSA) is 127 Å². The molecule has 0 unspecified atom stereocenters. The van der Waals surface area contributed by atoms with Gasteiger partial charge in [0.1, 0.15) is 12.1 Å². The number of nitrogens with zero attached hydrogens (tertiary/aromatic N) is 6. The molecule has 0 saturated carbocycles. The predicted molar refractivity (Wildman–Crippen MR) is 125 cm³/mol. The van der Waals surface area contributed by atoms with Crippen molar-refractivity contribution in [2.45, 2.75) is 32.4 Å². The average molecular weight is 433 g/mol. The summed E-state index contributed by atoms with van der Waals surface area (Å²) in [7, 11) is 0. The quantitative estimate of drug-likeness (QED) is 0.567. The summed E-state index contributed by atoms with van der Waals surface area (Å²) in [4.78, 5) is 33.6. The van der Waals surface area contributed by atoms with Crippen molar-refractivity contribution in [3.05, 3.63) is 54.1 Å². The van der Waals surface area contributed by atoms with Crippen LogP contribution in [0.2, 0.25) is 0 Å². The Morgan fingerprint density at radius 3 is 2.75 bits per heavy atom. The van der Waals surface area contributed by atoms with E-state index in [1.54, 1.807) is 24.5 Å². The van der Waals surface area contributed by atoms with Crippen molar-refractivity contribution in [3.63, 3.8) is 0 Å². The molecule has 2 aromatic heterocycles. The van der Waals surface area contributed by atoms with Crippen LogP contribution in [-0.2, 0) is 11.3 Å². The summed E-state index contributed by atoms with van der Waals surface area (Å²) in [5, 5.41) is 0.869. The van der Waals surface area contributed by atoms with Crippen LogP contribution in [0.15, 0.2) is 43.0 Å². The van der Waals surface area contributed by atoms with Crippen LogP contribution in [0, 0.1) is 0 Å². The molecule has 4 rings (SSSR count). The zero-order chi connectivity index (χ0) is 22.5. The first-order chi connectivity index (χ1) is 15.5. The number of benzene rings is 1. The third-order valence-electron chi connectivity index (χ3n) is 5.72.